The summed E-state index contributed by atoms with van der Waals surface area (Å²) in [6.07, 6.45) is 0. The molecule has 0 bridgehead atoms. The van der Waals surface area contributed by atoms with E-state index in [4.69, 9.17) is 16.0 Å². The van der Waals surface area contributed by atoms with Gasteiger partial charge in [0.15, 0.2) is 0 Å². The van der Waals surface area contributed by atoms with Gasteiger partial charge in [-0.15, -0.1) is 0 Å². The van der Waals surface area contributed by atoms with E-state index in [0.717, 1.165) is 28.3 Å². The van der Waals surface area contributed by atoms with E-state index in [0.29, 0.717) is 22.7 Å². The summed E-state index contributed by atoms with van der Waals surface area (Å²) in [6.45, 7) is 4.20. The quantitative estimate of drug-likeness (QED) is 0.631. The van der Waals surface area contributed by atoms with Crippen LogP contribution in [0, 0.1) is 13.8 Å². The first-order valence-electron chi connectivity index (χ1n) is 7.87. The molecule has 2 N–H and O–H groups in total. The number of aryl methyl sites for hydroxylation is 1. The molecule has 0 fully saturated rings. The lowest BCUT2D eigenvalue weighted by molar-refractivity contribution is 0.0696. The van der Waals surface area contributed by atoms with Gasteiger partial charge in [-0.05, 0) is 55.3 Å². The van der Waals surface area contributed by atoms with Crippen molar-refractivity contribution in [2.45, 2.75) is 20.4 Å². The summed E-state index contributed by atoms with van der Waals surface area (Å²) in [7, 11) is 0. The average molecular weight is 356 g/mol. The number of anilines is 1. The normalized spacial score (nSPS) is 10.7. The summed E-state index contributed by atoms with van der Waals surface area (Å²) in [5, 5.41) is 13.1. The van der Waals surface area contributed by atoms with Gasteiger partial charge in [-0.1, -0.05) is 29.8 Å². The van der Waals surface area contributed by atoms with Gasteiger partial charge in [0.25, 0.3) is 0 Å². The Morgan fingerprint density at radius 1 is 1.16 bits per heavy atom. The Labute approximate surface area is 151 Å². The molecule has 4 nitrogen and oxygen atoms in total. The van der Waals surface area contributed by atoms with Crippen LogP contribution >= 0.6 is 11.6 Å². The monoisotopic (exact) mass is 355 g/mol. The van der Waals surface area contributed by atoms with Gasteiger partial charge in [-0.2, -0.15) is 0 Å². The fourth-order valence-electron chi connectivity index (χ4n) is 2.62. The lowest BCUT2D eigenvalue weighted by atomic mass is 10.1. The molecule has 0 radical (unpaired) electrons. The maximum Gasteiger partial charge on any atom is 0.336 e. The van der Waals surface area contributed by atoms with E-state index in [2.05, 4.69) is 5.32 Å². The molecule has 0 unspecified atom stereocenters. The molecule has 0 saturated heterocycles. The molecule has 0 aliphatic heterocycles. The molecule has 0 atom stereocenters. The number of carboxylic acid groups (broad SMARTS) is 1. The Kier molecular flexibility index (Phi) is 4.81. The van der Waals surface area contributed by atoms with Crippen molar-refractivity contribution in [1.29, 1.82) is 0 Å². The predicted octanol–water partition coefficient (Wildman–Crippen LogP) is 5.53. The van der Waals surface area contributed by atoms with E-state index in [9.17, 15) is 9.90 Å². The van der Waals surface area contributed by atoms with Crippen LogP contribution < -0.4 is 5.32 Å². The number of nitrogens with one attached hydrogen (secondary N) is 1. The second-order valence-corrected chi connectivity index (χ2v) is 6.27. The second kappa shape index (κ2) is 7.03. The van der Waals surface area contributed by atoms with Crippen LogP contribution in [0.25, 0.3) is 11.3 Å². The molecule has 1 aromatic heterocycles. The molecule has 5 heteroatoms. The van der Waals surface area contributed by atoms with E-state index in [1.54, 1.807) is 19.1 Å². The van der Waals surface area contributed by atoms with Crippen LogP contribution in [0.15, 0.2) is 52.9 Å². The van der Waals surface area contributed by atoms with E-state index in [-0.39, 0.29) is 0 Å². The first-order chi connectivity index (χ1) is 12.0. The van der Waals surface area contributed by atoms with Crippen molar-refractivity contribution in [3.63, 3.8) is 0 Å². The number of hydrogen-bond donors (Lipinski definition) is 2. The van der Waals surface area contributed by atoms with Crippen LogP contribution in [0.1, 0.15) is 27.2 Å². The van der Waals surface area contributed by atoms with Crippen LogP contribution in [0.5, 0.6) is 0 Å². The van der Waals surface area contributed by atoms with Gasteiger partial charge in [0.1, 0.15) is 11.5 Å². The molecule has 25 heavy (non-hydrogen) atoms. The maximum atomic E-state index is 11.2. The zero-order valence-electron chi connectivity index (χ0n) is 14.0. The van der Waals surface area contributed by atoms with Crippen LogP contribution in [-0.2, 0) is 6.54 Å². The zero-order valence-corrected chi connectivity index (χ0v) is 14.7. The average Bonchev–Trinajstić information content (AvgIpc) is 3.05. The highest BCUT2D eigenvalue weighted by Crippen LogP contribution is 2.27. The van der Waals surface area contributed by atoms with Crippen LogP contribution in [0.4, 0.5) is 5.69 Å². The highest BCUT2D eigenvalue weighted by Gasteiger charge is 2.11. The Balaban J connectivity index is 1.75. The molecule has 0 aliphatic rings. The molecule has 0 amide bonds. The Hall–Kier alpha value is -2.72. The smallest absolute Gasteiger partial charge is 0.336 e. The molecular weight excluding hydrogens is 338 g/mol. The number of carbonyl (C=O) groups is 1. The first-order valence-corrected chi connectivity index (χ1v) is 8.25. The Morgan fingerprint density at radius 3 is 2.68 bits per heavy atom. The van der Waals surface area contributed by atoms with E-state index in [1.807, 2.05) is 43.3 Å². The lowest BCUT2D eigenvalue weighted by Gasteiger charge is -2.10. The van der Waals surface area contributed by atoms with Gasteiger partial charge in [0.2, 0.25) is 0 Å². The third kappa shape index (κ3) is 3.69. The van der Waals surface area contributed by atoms with E-state index in [1.165, 1.54) is 0 Å². The second-order valence-electron chi connectivity index (χ2n) is 5.87. The minimum atomic E-state index is -0.933. The minimum Gasteiger partial charge on any atom is -0.478 e. The number of furan rings is 1. The zero-order chi connectivity index (χ0) is 18.0. The van der Waals surface area contributed by atoms with Crippen molar-refractivity contribution in [3.8, 4) is 11.3 Å². The fourth-order valence-corrected chi connectivity index (χ4v) is 2.80. The summed E-state index contributed by atoms with van der Waals surface area (Å²) < 4.78 is 5.87. The van der Waals surface area contributed by atoms with Gasteiger partial charge in [-0.25, -0.2) is 4.79 Å². The standard InChI is InChI=1S/C20H18ClNO3/c1-12-6-7-14(10-17(12)21)19-9-8-15(25-19)11-22-18-5-3-4-16(13(18)2)20(23)24/h3-10,22H,11H2,1-2H3,(H,23,24). The lowest BCUT2D eigenvalue weighted by Crippen LogP contribution is -2.05. The number of halogens is 1. The number of rotatable bonds is 5. The van der Waals surface area contributed by atoms with Gasteiger partial charge < -0.3 is 14.8 Å². The van der Waals surface area contributed by atoms with Crippen LogP contribution in [0.2, 0.25) is 5.02 Å². The summed E-state index contributed by atoms with van der Waals surface area (Å²) in [5.41, 5.74) is 3.71. The van der Waals surface area contributed by atoms with Gasteiger partial charge in [0.05, 0.1) is 12.1 Å². The molecule has 3 aromatic rings. The molecule has 1 heterocycles. The summed E-state index contributed by atoms with van der Waals surface area (Å²) in [5.74, 6) is 0.569. The van der Waals surface area contributed by atoms with Crippen molar-refractivity contribution in [2.24, 2.45) is 0 Å². The summed E-state index contributed by atoms with van der Waals surface area (Å²) >= 11 is 6.17. The van der Waals surface area contributed by atoms with Crippen molar-refractivity contribution in [2.75, 3.05) is 5.32 Å². The van der Waals surface area contributed by atoms with E-state index < -0.39 is 5.97 Å². The molecule has 0 spiro atoms. The molecule has 0 saturated carbocycles. The van der Waals surface area contributed by atoms with Gasteiger partial charge >= 0.3 is 5.97 Å². The fraction of sp³-hybridized carbons (Fsp3) is 0.150. The van der Waals surface area contributed by atoms with E-state index >= 15 is 0 Å². The molecule has 128 valence electrons. The third-order valence-electron chi connectivity index (χ3n) is 4.14. The number of benzene rings is 2. The van der Waals surface area contributed by atoms with Crippen molar-refractivity contribution in [3.05, 3.63) is 76.0 Å². The van der Waals surface area contributed by atoms with Gasteiger partial charge in [0, 0.05) is 16.3 Å². The van der Waals surface area contributed by atoms with Crippen LogP contribution in [0.3, 0.4) is 0 Å². The predicted molar refractivity (Wildman–Crippen MR) is 99.4 cm³/mol. The SMILES string of the molecule is Cc1ccc(-c2ccc(CNc3cccc(C(=O)O)c3C)o2)cc1Cl. The highest BCUT2D eigenvalue weighted by atomic mass is 35.5. The number of carboxylic acids is 1. The largest absolute Gasteiger partial charge is 0.478 e. The number of hydrogen-bond acceptors (Lipinski definition) is 3. The Bertz CT molecular complexity index is 930. The topological polar surface area (TPSA) is 62.5 Å². The van der Waals surface area contributed by atoms with Crippen molar-refractivity contribution in [1.82, 2.24) is 0 Å². The third-order valence-corrected chi connectivity index (χ3v) is 4.54. The summed E-state index contributed by atoms with van der Waals surface area (Å²) in [6, 6.07) is 14.8. The molecule has 0 aliphatic carbocycles. The van der Waals surface area contributed by atoms with Crippen molar-refractivity contribution < 1.29 is 14.3 Å². The van der Waals surface area contributed by atoms with Crippen LogP contribution in [-0.4, -0.2) is 11.1 Å². The molecule has 3 rings (SSSR count). The summed E-state index contributed by atoms with van der Waals surface area (Å²) in [4.78, 5) is 11.2. The molecule has 2 aromatic carbocycles. The highest BCUT2D eigenvalue weighted by molar-refractivity contribution is 6.31. The maximum absolute atomic E-state index is 11.2. The van der Waals surface area contributed by atoms with Gasteiger partial charge in [-0.3, -0.25) is 0 Å². The Morgan fingerprint density at radius 2 is 1.96 bits per heavy atom. The van der Waals surface area contributed by atoms with Crippen molar-refractivity contribution >= 4 is 23.3 Å². The minimum absolute atomic E-state index is 0.291. The number of aromatic carboxylic acids is 1. The molecular formula is C20H18ClNO3. The first kappa shape index (κ1) is 17.1.